The number of hydrogen-bond donors (Lipinski definition) is 0. The lowest BCUT2D eigenvalue weighted by molar-refractivity contribution is -0.139. The van der Waals surface area contributed by atoms with Crippen LogP contribution in [-0.2, 0) is 9.59 Å². The van der Waals surface area contributed by atoms with Crippen LogP contribution in [0.2, 0.25) is 0 Å². The number of carbonyl (C=O) groups excluding carboxylic acids is 2. The molecule has 3 atom stereocenters. The Kier molecular flexibility index (Phi) is 4.79. The van der Waals surface area contributed by atoms with Crippen molar-refractivity contribution >= 4 is 11.8 Å². The molecule has 4 aliphatic rings. The van der Waals surface area contributed by atoms with Gasteiger partial charge in [-0.3, -0.25) is 14.5 Å². The molecule has 0 spiro atoms. The Morgan fingerprint density at radius 2 is 1.54 bits per heavy atom. The van der Waals surface area contributed by atoms with E-state index in [1.54, 1.807) is 0 Å². The van der Waals surface area contributed by atoms with Crippen LogP contribution in [-0.4, -0.2) is 72.3 Å². The summed E-state index contributed by atoms with van der Waals surface area (Å²) in [5, 5.41) is 0. The first kappa shape index (κ1) is 16.4. The summed E-state index contributed by atoms with van der Waals surface area (Å²) in [7, 11) is 0. The second-order valence-electron chi connectivity index (χ2n) is 8.32. The maximum absolute atomic E-state index is 12.8. The molecule has 2 heterocycles. The minimum Gasteiger partial charge on any atom is -0.342 e. The molecule has 0 N–H and O–H groups in total. The van der Waals surface area contributed by atoms with Crippen LogP contribution in [0.5, 0.6) is 0 Å². The first-order valence-corrected chi connectivity index (χ1v) is 9.99. The number of likely N-dealkylation sites (tertiary alicyclic amines) is 1. The van der Waals surface area contributed by atoms with E-state index in [1.165, 1.54) is 25.7 Å². The van der Waals surface area contributed by atoms with Crippen molar-refractivity contribution in [3.05, 3.63) is 0 Å². The molecular weight excluding hydrogens is 302 g/mol. The monoisotopic (exact) mass is 333 g/mol. The highest BCUT2D eigenvalue weighted by Crippen LogP contribution is 2.48. The number of carbonyl (C=O) groups is 2. The molecule has 5 heteroatoms. The number of nitrogens with zero attached hydrogens (tertiary/aromatic N) is 3. The number of hydrogen-bond acceptors (Lipinski definition) is 3. The van der Waals surface area contributed by atoms with Crippen molar-refractivity contribution < 1.29 is 9.59 Å². The normalized spacial score (nSPS) is 33.9. The zero-order valence-electron chi connectivity index (χ0n) is 14.8. The average Bonchev–Trinajstić information content (AvgIpc) is 3.26. The Balaban J connectivity index is 1.23. The van der Waals surface area contributed by atoms with Crippen LogP contribution in [0.1, 0.15) is 44.9 Å². The number of rotatable bonds is 3. The summed E-state index contributed by atoms with van der Waals surface area (Å²) in [6.45, 7) is 5.72. The van der Waals surface area contributed by atoms with Crippen LogP contribution in [0.3, 0.4) is 0 Å². The van der Waals surface area contributed by atoms with Gasteiger partial charge in [-0.05, 0) is 50.4 Å². The minimum absolute atomic E-state index is 0.280. The molecule has 0 aromatic carbocycles. The fourth-order valence-corrected chi connectivity index (χ4v) is 5.34. The largest absolute Gasteiger partial charge is 0.342 e. The van der Waals surface area contributed by atoms with Crippen molar-refractivity contribution in [3.63, 3.8) is 0 Å². The molecule has 2 amide bonds. The summed E-state index contributed by atoms with van der Waals surface area (Å²) in [4.78, 5) is 31.5. The van der Waals surface area contributed by atoms with E-state index in [4.69, 9.17) is 0 Å². The third-order valence-corrected chi connectivity index (χ3v) is 6.81. The molecule has 4 fully saturated rings. The van der Waals surface area contributed by atoms with E-state index in [-0.39, 0.29) is 5.91 Å². The molecule has 0 aromatic heterocycles. The van der Waals surface area contributed by atoms with Gasteiger partial charge in [0.1, 0.15) is 0 Å². The van der Waals surface area contributed by atoms with Crippen molar-refractivity contribution in [2.75, 3.05) is 45.8 Å². The van der Waals surface area contributed by atoms with Crippen molar-refractivity contribution in [2.24, 2.45) is 17.8 Å². The first-order valence-electron chi connectivity index (χ1n) is 9.99. The average molecular weight is 333 g/mol. The third-order valence-electron chi connectivity index (χ3n) is 6.81. The molecule has 2 bridgehead atoms. The topological polar surface area (TPSA) is 43.9 Å². The summed E-state index contributed by atoms with van der Waals surface area (Å²) >= 11 is 0. The molecule has 3 unspecified atom stereocenters. The molecule has 2 saturated carbocycles. The van der Waals surface area contributed by atoms with E-state index in [0.717, 1.165) is 64.4 Å². The zero-order valence-corrected chi connectivity index (χ0v) is 14.8. The van der Waals surface area contributed by atoms with Gasteiger partial charge in [-0.25, -0.2) is 0 Å². The lowest BCUT2D eigenvalue weighted by atomic mass is 9.87. The second-order valence-corrected chi connectivity index (χ2v) is 8.32. The van der Waals surface area contributed by atoms with Crippen LogP contribution < -0.4 is 0 Å². The Labute approximate surface area is 145 Å². The quantitative estimate of drug-likeness (QED) is 0.788. The molecule has 4 rings (SSSR count). The molecule has 0 radical (unpaired) electrons. The summed E-state index contributed by atoms with van der Waals surface area (Å²) in [6.07, 6.45) is 8.60. The summed E-state index contributed by atoms with van der Waals surface area (Å²) in [5.74, 6) is 2.49. The van der Waals surface area contributed by atoms with Crippen molar-refractivity contribution in [1.82, 2.24) is 14.7 Å². The highest BCUT2D eigenvalue weighted by molar-refractivity contribution is 5.80. The maximum Gasteiger partial charge on any atom is 0.236 e. The molecule has 134 valence electrons. The number of fused-ring (bicyclic) bond motifs is 2. The standard InChI is InChI=1S/C19H31N3O2/c23-18(21-6-2-1-3-7-21)14-20-8-10-22(11-9-20)19(24)17-13-15-4-5-16(17)12-15/h15-17H,1-14H2. The first-order chi connectivity index (χ1) is 11.7. The predicted molar refractivity (Wildman–Crippen MR) is 92.4 cm³/mol. The van der Waals surface area contributed by atoms with Crippen LogP contribution >= 0.6 is 0 Å². The Morgan fingerprint density at radius 3 is 2.17 bits per heavy atom. The molecule has 5 nitrogen and oxygen atoms in total. The van der Waals surface area contributed by atoms with Gasteiger partial charge in [0.2, 0.25) is 11.8 Å². The fraction of sp³-hybridized carbons (Fsp3) is 0.895. The van der Waals surface area contributed by atoms with Crippen molar-refractivity contribution in [1.29, 1.82) is 0 Å². The van der Waals surface area contributed by atoms with Gasteiger partial charge in [0.05, 0.1) is 6.54 Å². The smallest absolute Gasteiger partial charge is 0.236 e. The van der Waals surface area contributed by atoms with Crippen LogP contribution in [0.25, 0.3) is 0 Å². The Bertz CT molecular complexity index is 481. The van der Waals surface area contributed by atoms with Crippen LogP contribution in [0, 0.1) is 17.8 Å². The lowest BCUT2D eigenvalue weighted by Gasteiger charge is -2.38. The van der Waals surface area contributed by atoms with Crippen LogP contribution in [0.15, 0.2) is 0 Å². The maximum atomic E-state index is 12.8. The number of piperazine rings is 1. The van der Waals surface area contributed by atoms with Crippen LogP contribution in [0.4, 0.5) is 0 Å². The van der Waals surface area contributed by atoms with E-state index < -0.39 is 0 Å². The summed E-state index contributed by atoms with van der Waals surface area (Å²) in [6, 6.07) is 0. The fourth-order valence-electron chi connectivity index (χ4n) is 5.34. The number of amides is 2. The third kappa shape index (κ3) is 3.32. The van der Waals surface area contributed by atoms with Gasteiger partial charge in [0.15, 0.2) is 0 Å². The molecule has 2 saturated heterocycles. The van der Waals surface area contributed by atoms with Crippen molar-refractivity contribution in [3.8, 4) is 0 Å². The van der Waals surface area contributed by atoms with Gasteiger partial charge in [-0.1, -0.05) is 6.42 Å². The van der Waals surface area contributed by atoms with E-state index in [2.05, 4.69) is 9.80 Å². The van der Waals surface area contributed by atoms with E-state index in [0.29, 0.717) is 24.3 Å². The molecule has 2 aliphatic heterocycles. The highest BCUT2D eigenvalue weighted by Gasteiger charge is 2.44. The molecule has 2 aliphatic carbocycles. The molecule has 0 aromatic rings. The molecule has 24 heavy (non-hydrogen) atoms. The van der Waals surface area contributed by atoms with Gasteiger partial charge in [0, 0.05) is 45.2 Å². The Morgan fingerprint density at radius 1 is 0.792 bits per heavy atom. The Hall–Kier alpha value is -1.10. The van der Waals surface area contributed by atoms with Gasteiger partial charge < -0.3 is 9.80 Å². The minimum atomic E-state index is 0.280. The van der Waals surface area contributed by atoms with E-state index >= 15 is 0 Å². The van der Waals surface area contributed by atoms with Gasteiger partial charge in [-0.2, -0.15) is 0 Å². The highest BCUT2D eigenvalue weighted by atomic mass is 16.2. The summed E-state index contributed by atoms with van der Waals surface area (Å²) < 4.78 is 0. The van der Waals surface area contributed by atoms with Crippen molar-refractivity contribution in [2.45, 2.75) is 44.9 Å². The summed E-state index contributed by atoms with van der Waals surface area (Å²) in [5.41, 5.74) is 0. The van der Waals surface area contributed by atoms with Gasteiger partial charge in [0.25, 0.3) is 0 Å². The van der Waals surface area contributed by atoms with E-state index in [1.807, 2.05) is 4.90 Å². The molecular formula is C19H31N3O2. The lowest BCUT2D eigenvalue weighted by Crippen LogP contribution is -2.53. The SMILES string of the molecule is O=C(CN1CCN(C(=O)C2CC3CCC2C3)CC1)N1CCCCC1. The predicted octanol–water partition coefficient (Wildman–Crippen LogP) is 1.58. The second kappa shape index (κ2) is 7.03. The zero-order chi connectivity index (χ0) is 16.5. The van der Waals surface area contributed by atoms with Gasteiger partial charge >= 0.3 is 0 Å². The number of piperidine rings is 1. The van der Waals surface area contributed by atoms with E-state index in [9.17, 15) is 9.59 Å². The van der Waals surface area contributed by atoms with Gasteiger partial charge in [-0.15, -0.1) is 0 Å².